The van der Waals surface area contributed by atoms with E-state index in [1.54, 1.807) is 12.1 Å². The first-order chi connectivity index (χ1) is 13.0. The number of ether oxygens (including phenoxy) is 2. The van der Waals surface area contributed by atoms with Crippen LogP contribution in [0.3, 0.4) is 0 Å². The lowest BCUT2D eigenvalue weighted by Crippen LogP contribution is -2.17. The third kappa shape index (κ3) is 13.2. The van der Waals surface area contributed by atoms with E-state index in [2.05, 4.69) is 34.1 Å². The molecule has 0 aliphatic rings. The van der Waals surface area contributed by atoms with Crippen molar-refractivity contribution in [2.24, 2.45) is 0 Å². The largest absolute Gasteiger partial charge is 0.504 e. The number of likely N-dealkylation sites (N-methyl/N-ethyl adjacent to an activating group) is 1. The van der Waals surface area contributed by atoms with Gasteiger partial charge in [-0.25, -0.2) is 0 Å². The Bertz CT molecular complexity index is 573. The topological polar surface area (TPSA) is 41.9 Å². The van der Waals surface area contributed by atoms with E-state index in [1.165, 1.54) is 5.57 Å². The molecule has 1 aromatic carbocycles. The highest BCUT2D eigenvalue weighted by Gasteiger charge is 2.00. The molecule has 1 atom stereocenters. The van der Waals surface area contributed by atoms with Crippen molar-refractivity contribution in [1.29, 1.82) is 0 Å². The first-order valence-electron chi connectivity index (χ1n) is 9.42. The maximum Gasteiger partial charge on any atom is 0.161 e. The van der Waals surface area contributed by atoms with Gasteiger partial charge in [0.2, 0.25) is 0 Å². The van der Waals surface area contributed by atoms with Crippen LogP contribution in [0.1, 0.15) is 32.3 Å². The number of phenolic OH excluding ortho intramolecular Hbond substituents is 1. The zero-order chi connectivity index (χ0) is 20.5. The Morgan fingerprint density at radius 1 is 1.22 bits per heavy atom. The van der Waals surface area contributed by atoms with Crippen LogP contribution in [0.15, 0.2) is 55.2 Å². The van der Waals surface area contributed by atoms with Gasteiger partial charge in [-0.05, 0) is 49.6 Å². The number of rotatable bonds is 12. The van der Waals surface area contributed by atoms with Crippen molar-refractivity contribution < 1.29 is 14.6 Å². The van der Waals surface area contributed by atoms with Crippen LogP contribution in [0.25, 0.3) is 0 Å². The minimum absolute atomic E-state index is 0.217. The van der Waals surface area contributed by atoms with E-state index in [0.717, 1.165) is 44.7 Å². The molecule has 27 heavy (non-hydrogen) atoms. The van der Waals surface area contributed by atoms with Crippen LogP contribution in [0, 0.1) is 6.92 Å². The summed E-state index contributed by atoms with van der Waals surface area (Å²) >= 11 is 0. The monoisotopic (exact) mass is 393 g/mol. The summed E-state index contributed by atoms with van der Waals surface area (Å²) < 4.78 is 13.0. The third-order valence-electron chi connectivity index (χ3n) is 3.64. The minimum Gasteiger partial charge on any atom is -0.504 e. The van der Waals surface area contributed by atoms with Gasteiger partial charge in [0.1, 0.15) is 0 Å². The Labute approximate surface area is 167 Å². The second kappa shape index (κ2) is 16.6. The molecule has 4 nitrogen and oxygen atoms in total. The van der Waals surface area contributed by atoms with Crippen molar-refractivity contribution in [2.45, 2.75) is 33.6 Å². The van der Waals surface area contributed by atoms with E-state index >= 15 is 0 Å². The molecule has 0 bridgehead atoms. The zero-order valence-electron chi connectivity index (χ0n) is 17.1. The summed E-state index contributed by atoms with van der Waals surface area (Å²) in [6.07, 6.45) is 7.44. The lowest BCUT2D eigenvalue weighted by Gasteiger charge is -2.13. The van der Waals surface area contributed by atoms with Crippen LogP contribution in [0.5, 0.6) is 11.5 Å². The fourth-order valence-electron chi connectivity index (χ4n) is 1.99. The van der Waals surface area contributed by atoms with Crippen molar-refractivity contribution in [3.05, 3.63) is 60.7 Å². The van der Waals surface area contributed by atoms with Crippen molar-refractivity contribution >= 4 is 9.39 Å². The first kappa shape index (κ1) is 25.4. The van der Waals surface area contributed by atoms with Gasteiger partial charge in [0, 0.05) is 6.54 Å². The Kier molecular flexibility index (Phi) is 15.6. The van der Waals surface area contributed by atoms with E-state index in [-0.39, 0.29) is 5.75 Å². The molecular formula is C22H36NO3P. The van der Waals surface area contributed by atoms with Crippen LogP contribution in [-0.2, 0) is 4.74 Å². The predicted octanol–water partition coefficient (Wildman–Crippen LogP) is 5.29. The summed E-state index contributed by atoms with van der Waals surface area (Å²) in [6, 6.07) is 5.35. The quantitative estimate of drug-likeness (QED) is 0.297. The molecule has 0 aliphatic heterocycles. The highest BCUT2D eigenvalue weighted by Crippen LogP contribution is 2.26. The number of phenols is 1. The van der Waals surface area contributed by atoms with Crippen LogP contribution < -0.4 is 4.74 Å². The summed E-state index contributed by atoms with van der Waals surface area (Å²) in [5, 5.41) is 9.34. The molecule has 5 heteroatoms. The Hall–Kier alpha value is -1.61. The zero-order valence-corrected chi connectivity index (χ0v) is 18.3. The average molecular weight is 394 g/mol. The van der Waals surface area contributed by atoms with E-state index in [1.807, 2.05) is 38.1 Å². The maximum atomic E-state index is 9.34. The summed E-state index contributed by atoms with van der Waals surface area (Å²) in [5.74, 6) is 0.797. The van der Waals surface area contributed by atoms with Gasteiger partial charge in [-0.3, -0.25) is 4.67 Å². The molecule has 1 aromatic rings. The molecule has 0 amide bonds. The summed E-state index contributed by atoms with van der Waals surface area (Å²) in [4.78, 5) is 0. The molecule has 0 radical (unpaired) electrons. The fourth-order valence-corrected chi connectivity index (χ4v) is 2.09. The lowest BCUT2D eigenvalue weighted by molar-refractivity contribution is 0.128. The highest BCUT2D eigenvalue weighted by atomic mass is 31.0. The van der Waals surface area contributed by atoms with Gasteiger partial charge < -0.3 is 14.6 Å². The van der Waals surface area contributed by atoms with Gasteiger partial charge in [0.15, 0.2) is 11.5 Å². The number of nitrogens with zero attached hydrogens (tertiary/aromatic N) is 1. The molecule has 1 rings (SSSR count). The minimum atomic E-state index is 0.217. The molecule has 0 aromatic heterocycles. The number of hydrogen-bond donors (Lipinski definition) is 1. The van der Waals surface area contributed by atoms with Gasteiger partial charge in [-0.1, -0.05) is 60.7 Å². The molecule has 1 N–H and O–H groups in total. The third-order valence-corrected chi connectivity index (χ3v) is 4.26. The fraction of sp³-hybridized carbons (Fsp3) is 0.455. The van der Waals surface area contributed by atoms with Gasteiger partial charge in [0.25, 0.3) is 0 Å². The number of aromatic hydroxyl groups is 1. The van der Waals surface area contributed by atoms with Crippen LogP contribution in [0.2, 0.25) is 0 Å². The van der Waals surface area contributed by atoms with Crippen LogP contribution >= 0.6 is 9.39 Å². The molecule has 1 unspecified atom stereocenters. The smallest absolute Gasteiger partial charge is 0.161 e. The van der Waals surface area contributed by atoms with Crippen molar-refractivity contribution in [3.63, 3.8) is 0 Å². The Morgan fingerprint density at radius 3 is 2.56 bits per heavy atom. The lowest BCUT2D eigenvalue weighted by atomic mass is 10.2. The SMILES string of the molecule is C=C/C=C(\C=C)CCOCCN(P)CC.CCCOc1cc(C)ccc1O. The van der Waals surface area contributed by atoms with Gasteiger partial charge >= 0.3 is 0 Å². The second-order valence-electron chi connectivity index (χ2n) is 5.99. The number of allylic oxidation sites excluding steroid dienone is 3. The number of aryl methyl sites for hydroxylation is 1. The van der Waals surface area contributed by atoms with E-state index in [0.29, 0.717) is 12.4 Å². The number of hydrogen-bond acceptors (Lipinski definition) is 4. The van der Waals surface area contributed by atoms with E-state index < -0.39 is 0 Å². The van der Waals surface area contributed by atoms with Crippen LogP contribution in [0.4, 0.5) is 0 Å². The molecule has 0 saturated heterocycles. The number of benzene rings is 1. The molecule has 0 saturated carbocycles. The van der Waals surface area contributed by atoms with Gasteiger partial charge in [-0.15, -0.1) is 0 Å². The molecule has 152 valence electrons. The molecule has 0 fully saturated rings. The van der Waals surface area contributed by atoms with Crippen molar-refractivity contribution in [3.8, 4) is 11.5 Å². The average Bonchev–Trinajstić information content (AvgIpc) is 2.67. The maximum absolute atomic E-state index is 9.34. The van der Waals surface area contributed by atoms with Crippen molar-refractivity contribution in [2.75, 3.05) is 32.9 Å². The Morgan fingerprint density at radius 2 is 1.96 bits per heavy atom. The molecule has 0 spiro atoms. The summed E-state index contributed by atoms with van der Waals surface area (Å²) in [5.41, 5.74) is 2.27. The predicted molar refractivity (Wildman–Crippen MR) is 119 cm³/mol. The highest BCUT2D eigenvalue weighted by molar-refractivity contribution is 7.13. The van der Waals surface area contributed by atoms with Crippen LogP contribution in [-0.4, -0.2) is 42.7 Å². The Balaban J connectivity index is 0.000000511. The summed E-state index contributed by atoms with van der Waals surface area (Å²) in [7, 11) is 2.68. The first-order valence-corrected chi connectivity index (χ1v) is 9.93. The van der Waals surface area contributed by atoms with E-state index in [9.17, 15) is 5.11 Å². The molecule has 0 heterocycles. The van der Waals surface area contributed by atoms with Crippen molar-refractivity contribution in [1.82, 2.24) is 4.67 Å². The van der Waals surface area contributed by atoms with Gasteiger partial charge in [0.05, 0.1) is 19.8 Å². The molecular weight excluding hydrogens is 357 g/mol. The molecule has 0 aliphatic carbocycles. The van der Waals surface area contributed by atoms with E-state index in [4.69, 9.17) is 9.47 Å². The summed E-state index contributed by atoms with van der Waals surface area (Å²) in [6.45, 7) is 17.7. The van der Waals surface area contributed by atoms with Gasteiger partial charge in [-0.2, -0.15) is 0 Å². The second-order valence-corrected chi connectivity index (χ2v) is 6.72. The normalized spacial score (nSPS) is 10.9. The standard InChI is InChI=1S/C12H22NOP.C10H14O2/c1-4-7-12(5-2)8-10-14-11-9-13(15)6-3;1-3-6-12-10-7-8(2)4-5-9(10)11/h4-5,7H,1-2,6,8-11,15H2,3H3;4-5,7,11H,3,6H2,1-2H3/b12-7+;.